The Kier molecular flexibility index (Phi) is 3.98. The van der Waals surface area contributed by atoms with E-state index >= 15 is 0 Å². The first-order chi connectivity index (χ1) is 8.97. The van der Waals surface area contributed by atoms with Gasteiger partial charge in [-0.25, -0.2) is 4.79 Å². The van der Waals surface area contributed by atoms with E-state index in [-0.39, 0.29) is 11.3 Å². The highest BCUT2D eigenvalue weighted by atomic mass is 35.5. The molecule has 0 atom stereocenters. The van der Waals surface area contributed by atoms with Gasteiger partial charge in [0.25, 0.3) is 0 Å². The lowest BCUT2D eigenvalue weighted by Crippen LogP contribution is -2.00. The molecule has 2 aromatic rings. The van der Waals surface area contributed by atoms with E-state index in [2.05, 4.69) is 0 Å². The molecule has 0 aliphatic heterocycles. The number of hydrogen-bond donors (Lipinski definition) is 1. The summed E-state index contributed by atoms with van der Waals surface area (Å²) in [5.74, 6) is -0.339. The van der Waals surface area contributed by atoms with Gasteiger partial charge in [-0.1, -0.05) is 23.2 Å². The Morgan fingerprint density at radius 2 is 1.89 bits per heavy atom. The van der Waals surface area contributed by atoms with Gasteiger partial charge in [-0.05, 0) is 48.9 Å². The van der Waals surface area contributed by atoms with Crippen molar-refractivity contribution in [3.8, 4) is 11.5 Å². The second-order valence-corrected chi connectivity index (χ2v) is 4.80. The van der Waals surface area contributed by atoms with Crippen LogP contribution < -0.4 is 4.74 Å². The van der Waals surface area contributed by atoms with Crippen molar-refractivity contribution in [2.45, 2.75) is 6.92 Å². The molecule has 2 rings (SSSR count). The van der Waals surface area contributed by atoms with Crippen molar-refractivity contribution in [2.75, 3.05) is 0 Å². The Hall–Kier alpha value is -1.71. The molecule has 0 amide bonds. The molecule has 0 aromatic heterocycles. The van der Waals surface area contributed by atoms with Gasteiger partial charge in [-0.2, -0.15) is 0 Å². The molecule has 0 radical (unpaired) electrons. The van der Waals surface area contributed by atoms with E-state index in [1.807, 2.05) is 6.92 Å². The molecule has 0 fully saturated rings. The molecule has 0 spiro atoms. The minimum Gasteiger partial charge on any atom is -0.478 e. The average Bonchev–Trinajstić information content (AvgIpc) is 2.36. The molecule has 2 aromatic carbocycles. The molecule has 98 valence electrons. The third-order valence-corrected chi connectivity index (χ3v) is 3.19. The van der Waals surface area contributed by atoms with Gasteiger partial charge in [-0.15, -0.1) is 0 Å². The van der Waals surface area contributed by atoms with Crippen molar-refractivity contribution in [3.63, 3.8) is 0 Å². The molecule has 0 unspecified atom stereocenters. The van der Waals surface area contributed by atoms with Crippen molar-refractivity contribution >= 4 is 29.2 Å². The number of hydrogen-bond acceptors (Lipinski definition) is 2. The first kappa shape index (κ1) is 13.7. The number of aryl methyl sites for hydroxylation is 1. The smallest absolute Gasteiger partial charge is 0.339 e. The average molecular weight is 297 g/mol. The van der Waals surface area contributed by atoms with Gasteiger partial charge in [0, 0.05) is 10.0 Å². The number of rotatable bonds is 3. The summed E-state index contributed by atoms with van der Waals surface area (Å²) in [5.41, 5.74) is 0.866. The Labute approximate surface area is 120 Å². The number of halogens is 2. The SMILES string of the molecule is Cc1cc(Oc2ccc(Cl)cc2C(=O)O)ccc1Cl. The van der Waals surface area contributed by atoms with Crippen molar-refractivity contribution in [1.29, 1.82) is 0 Å². The molecule has 0 aliphatic rings. The van der Waals surface area contributed by atoms with E-state index in [1.54, 1.807) is 24.3 Å². The summed E-state index contributed by atoms with van der Waals surface area (Å²) in [4.78, 5) is 11.1. The molecule has 0 heterocycles. The van der Waals surface area contributed by atoms with Crippen molar-refractivity contribution in [3.05, 3.63) is 57.6 Å². The second-order valence-electron chi connectivity index (χ2n) is 3.96. The molecule has 0 bridgehead atoms. The van der Waals surface area contributed by atoms with Crippen molar-refractivity contribution < 1.29 is 14.6 Å². The van der Waals surface area contributed by atoms with E-state index < -0.39 is 5.97 Å². The topological polar surface area (TPSA) is 46.5 Å². The first-order valence-corrected chi connectivity index (χ1v) is 6.20. The monoisotopic (exact) mass is 296 g/mol. The van der Waals surface area contributed by atoms with Crippen LogP contribution >= 0.6 is 23.2 Å². The van der Waals surface area contributed by atoms with Crippen LogP contribution in [0.3, 0.4) is 0 Å². The van der Waals surface area contributed by atoms with Crippen LogP contribution in [-0.2, 0) is 0 Å². The number of aromatic carboxylic acids is 1. The van der Waals surface area contributed by atoms with Gasteiger partial charge in [-0.3, -0.25) is 0 Å². The van der Waals surface area contributed by atoms with E-state index in [4.69, 9.17) is 33.0 Å². The van der Waals surface area contributed by atoms with E-state index in [1.165, 1.54) is 12.1 Å². The predicted octanol–water partition coefficient (Wildman–Crippen LogP) is 4.79. The zero-order chi connectivity index (χ0) is 14.0. The highest BCUT2D eigenvalue weighted by molar-refractivity contribution is 6.31. The zero-order valence-corrected chi connectivity index (χ0v) is 11.5. The fourth-order valence-corrected chi connectivity index (χ4v) is 1.86. The largest absolute Gasteiger partial charge is 0.478 e. The van der Waals surface area contributed by atoms with Crippen LogP contribution in [0.4, 0.5) is 0 Å². The van der Waals surface area contributed by atoms with Crippen LogP contribution in [0.15, 0.2) is 36.4 Å². The molecule has 1 N–H and O–H groups in total. The highest BCUT2D eigenvalue weighted by Crippen LogP contribution is 2.30. The molecular formula is C14H10Cl2O3. The van der Waals surface area contributed by atoms with Crippen molar-refractivity contribution in [2.24, 2.45) is 0 Å². The fraction of sp³-hybridized carbons (Fsp3) is 0.0714. The Morgan fingerprint density at radius 1 is 1.16 bits per heavy atom. The lowest BCUT2D eigenvalue weighted by Gasteiger charge is -2.10. The van der Waals surface area contributed by atoms with Gasteiger partial charge in [0.15, 0.2) is 0 Å². The Morgan fingerprint density at radius 3 is 2.53 bits per heavy atom. The number of carboxylic acid groups (broad SMARTS) is 1. The lowest BCUT2D eigenvalue weighted by atomic mass is 10.2. The van der Waals surface area contributed by atoms with E-state index in [0.717, 1.165) is 5.56 Å². The third-order valence-electron chi connectivity index (χ3n) is 2.53. The number of benzene rings is 2. The quantitative estimate of drug-likeness (QED) is 0.885. The van der Waals surface area contributed by atoms with Crippen LogP contribution in [0.1, 0.15) is 15.9 Å². The maximum atomic E-state index is 11.1. The normalized spacial score (nSPS) is 10.3. The van der Waals surface area contributed by atoms with Gasteiger partial charge in [0.1, 0.15) is 17.1 Å². The predicted molar refractivity (Wildman–Crippen MR) is 74.7 cm³/mol. The van der Waals surface area contributed by atoms with Crippen LogP contribution in [0, 0.1) is 6.92 Å². The fourth-order valence-electron chi connectivity index (χ4n) is 1.57. The summed E-state index contributed by atoms with van der Waals surface area (Å²) in [6.45, 7) is 1.84. The van der Waals surface area contributed by atoms with Crippen LogP contribution in [0.2, 0.25) is 10.0 Å². The Bertz CT molecular complexity index is 639. The van der Waals surface area contributed by atoms with Crippen LogP contribution in [0.25, 0.3) is 0 Å². The van der Waals surface area contributed by atoms with Gasteiger partial charge >= 0.3 is 5.97 Å². The summed E-state index contributed by atoms with van der Waals surface area (Å²) in [6, 6.07) is 9.56. The van der Waals surface area contributed by atoms with Crippen molar-refractivity contribution in [1.82, 2.24) is 0 Å². The molecule has 3 nitrogen and oxygen atoms in total. The summed E-state index contributed by atoms with van der Waals surface area (Å²) >= 11 is 11.7. The molecule has 5 heteroatoms. The summed E-state index contributed by atoms with van der Waals surface area (Å²) in [5, 5.41) is 10.1. The van der Waals surface area contributed by atoms with Gasteiger partial charge < -0.3 is 9.84 Å². The van der Waals surface area contributed by atoms with Crippen LogP contribution in [-0.4, -0.2) is 11.1 Å². The van der Waals surface area contributed by atoms with Crippen LogP contribution in [0.5, 0.6) is 11.5 Å². The Balaban J connectivity index is 2.37. The maximum absolute atomic E-state index is 11.1. The minimum atomic E-state index is -1.09. The summed E-state index contributed by atoms with van der Waals surface area (Å²) in [6.07, 6.45) is 0. The minimum absolute atomic E-state index is 0.0140. The number of ether oxygens (including phenoxy) is 1. The lowest BCUT2D eigenvalue weighted by molar-refractivity contribution is 0.0694. The molecule has 0 saturated carbocycles. The van der Waals surface area contributed by atoms with Gasteiger partial charge in [0.2, 0.25) is 0 Å². The maximum Gasteiger partial charge on any atom is 0.339 e. The first-order valence-electron chi connectivity index (χ1n) is 5.44. The summed E-state index contributed by atoms with van der Waals surface area (Å²) in [7, 11) is 0. The van der Waals surface area contributed by atoms with E-state index in [0.29, 0.717) is 15.8 Å². The van der Waals surface area contributed by atoms with Gasteiger partial charge in [0.05, 0.1) is 0 Å². The molecule has 0 aliphatic carbocycles. The number of carbonyl (C=O) groups is 1. The highest BCUT2D eigenvalue weighted by Gasteiger charge is 2.13. The van der Waals surface area contributed by atoms with E-state index in [9.17, 15) is 4.79 Å². The molecular weight excluding hydrogens is 287 g/mol. The zero-order valence-electron chi connectivity index (χ0n) is 9.98. The summed E-state index contributed by atoms with van der Waals surface area (Å²) < 4.78 is 5.56. The molecule has 0 saturated heterocycles. The second kappa shape index (κ2) is 5.51. The standard InChI is InChI=1S/C14H10Cl2O3/c1-8-6-10(3-4-12(8)16)19-13-5-2-9(15)7-11(13)14(17)18/h2-7H,1H3,(H,17,18). The number of carboxylic acids is 1. The third kappa shape index (κ3) is 3.19. The molecule has 19 heavy (non-hydrogen) atoms.